The zero-order chi connectivity index (χ0) is 15.2. The number of piperidine rings is 1. The second kappa shape index (κ2) is 7.96. The Morgan fingerprint density at radius 3 is 2.45 bits per heavy atom. The van der Waals surface area contributed by atoms with E-state index >= 15 is 0 Å². The van der Waals surface area contributed by atoms with Crippen LogP contribution in [0.4, 0.5) is 0 Å². The molecule has 1 aliphatic heterocycles. The standard InChI is InChI=1S/C15H31N3O2/c1-15(2,3)16-8-5-14(20)18(11-12-19)13-6-9-17(4)10-7-13/h13,16,19H,5-12H2,1-4H3. The second-order valence-electron chi connectivity index (χ2n) is 6.77. The lowest BCUT2D eigenvalue weighted by Crippen LogP contribution is -2.48. The smallest absolute Gasteiger partial charge is 0.224 e. The molecule has 1 rings (SSSR count). The summed E-state index contributed by atoms with van der Waals surface area (Å²) in [6, 6.07) is 0.292. The number of carbonyl (C=O) groups is 1. The molecule has 1 aliphatic rings. The van der Waals surface area contributed by atoms with Gasteiger partial charge in [-0.3, -0.25) is 4.79 Å². The van der Waals surface area contributed by atoms with Crippen molar-refractivity contribution in [2.24, 2.45) is 0 Å². The van der Waals surface area contributed by atoms with Gasteiger partial charge in [-0.1, -0.05) is 0 Å². The summed E-state index contributed by atoms with van der Waals surface area (Å²) in [5.74, 6) is 0.158. The third-order valence-electron chi connectivity index (χ3n) is 3.78. The Bertz CT molecular complexity index is 294. The Kier molecular flexibility index (Phi) is 6.92. The highest BCUT2D eigenvalue weighted by Gasteiger charge is 2.26. The third kappa shape index (κ3) is 6.20. The van der Waals surface area contributed by atoms with Crippen LogP contribution in [0.1, 0.15) is 40.0 Å². The molecule has 20 heavy (non-hydrogen) atoms. The van der Waals surface area contributed by atoms with E-state index in [1.54, 1.807) is 0 Å². The molecule has 1 saturated heterocycles. The number of nitrogens with zero attached hydrogens (tertiary/aromatic N) is 2. The number of amides is 1. The Morgan fingerprint density at radius 2 is 1.95 bits per heavy atom. The number of hydrogen-bond acceptors (Lipinski definition) is 4. The van der Waals surface area contributed by atoms with E-state index in [-0.39, 0.29) is 18.1 Å². The largest absolute Gasteiger partial charge is 0.395 e. The number of aliphatic hydroxyl groups is 1. The van der Waals surface area contributed by atoms with Gasteiger partial charge in [0.1, 0.15) is 0 Å². The molecule has 5 nitrogen and oxygen atoms in total. The van der Waals surface area contributed by atoms with Crippen molar-refractivity contribution >= 4 is 5.91 Å². The van der Waals surface area contributed by atoms with Crippen molar-refractivity contribution in [1.82, 2.24) is 15.1 Å². The molecule has 1 heterocycles. The Balaban J connectivity index is 2.46. The van der Waals surface area contributed by atoms with E-state index in [4.69, 9.17) is 0 Å². The summed E-state index contributed by atoms with van der Waals surface area (Å²) in [6.07, 6.45) is 2.52. The molecule has 0 aliphatic carbocycles. The fourth-order valence-electron chi connectivity index (χ4n) is 2.61. The molecule has 0 aromatic rings. The molecule has 0 saturated carbocycles. The fraction of sp³-hybridized carbons (Fsp3) is 0.933. The van der Waals surface area contributed by atoms with E-state index in [9.17, 15) is 9.90 Å². The van der Waals surface area contributed by atoms with Gasteiger partial charge in [-0.2, -0.15) is 0 Å². The van der Waals surface area contributed by atoms with Crippen molar-refractivity contribution in [3.8, 4) is 0 Å². The van der Waals surface area contributed by atoms with Gasteiger partial charge in [-0.15, -0.1) is 0 Å². The van der Waals surface area contributed by atoms with Crippen molar-refractivity contribution in [1.29, 1.82) is 0 Å². The molecule has 0 unspecified atom stereocenters. The van der Waals surface area contributed by atoms with Crippen molar-refractivity contribution in [2.45, 2.75) is 51.6 Å². The van der Waals surface area contributed by atoms with Crippen LogP contribution >= 0.6 is 0 Å². The van der Waals surface area contributed by atoms with Gasteiger partial charge in [0, 0.05) is 31.1 Å². The van der Waals surface area contributed by atoms with Gasteiger partial charge in [0.15, 0.2) is 0 Å². The van der Waals surface area contributed by atoms with Crippen LogP contribution in [0.3, 0.4) is 0 Å². The predicted molar refractivity (Wildman–Crippen MR) is 81.7 cm³/mol. The quantitative estimate of drug-likeness (QED) is 0.753. The summed E-state index contributed by atoms with van der Waals surface area (Å²) in [6.45, 7) is 9.55. The first-order valence-corrected chi connectivity index (χ1v) is 7.67. The third-order valence-corrected chi connectivity index (χ3v) is 3.78. The van der Waals surface area contributed by atoms with Crippen LogP contribution < -0.4 is 5.32 Å². The van der Waals surface area contributed by atoms with Crippen LogP contribution in [0.5, 0.6) is 0 Å². The van der Waals surface area contributed by atoms with E-state index in [1.807, 2.05) is 4.90 Å². The Morgan fingerprint density at radius 1 is 1.35 bits per heavy atom. The number of hydrogen-bond donors (Lipinski definition) is 2. The molecular weight excluding hydrogens is 254 g/mol. The van der Waals surface area contributed by atoms with Gasteiger partial charge in [0.2, 0.25) is 5.91 Å². The van der Waals surface area contributed by atoms with Crippen LogP contribution in [0.15, 0.2) is 0 Å². The number of carbonyl (C=O) groups excluding carboxylic acids is 1. The summed E-state index contributed by atoms with van der Waals surface area (Å²) in [5, 5.41) is 12.5. The molecule has 1 amide bonds. The van der Waals surface area contributed by atoms with Gasteiger partial charge in [0.05, 0.1) is 6.61 Å². The molecule has 0 bridgehead atoms. The Labute approximate surface area is 123 Å². The van der Waals surface area contributed by atoms with Gasteiger partial charge in [0.25, 0.3) is 0 Å². The molecule has 0 spiro atoms. The van der Waals surface area contributed by atoms with Crippen molar-refractivity contribution < 1.29 is 9.90 Å². The van der Waals surface area contributed by atoms with Crippen LogP contribution in [0.25, 0.3) is 0 Å². The highest BCUT2D eigenvalue weighted by molar-refractivity contribution is 5.76. The number of aliphatic hydroxyl groups excluding tert-OH is 1. The number of rotatable bonds is 6. The molecule has 1 fully saturated rings. The fourth-order valence-corrected chi connectivity index (χ4v) is 2.61. The maximum Gasteiger partial charge on any atom is 0.224 e. The van der Waals surface area contributed by atoms with E-state index in [1.165, 1.54) is 0 Å². The summed E-state index contributed by atoms with van der Waals surface area (Å²) < 4.78 is 0. The molecule has 0 aromatic heterocycles. The van der Waals surface area contributed by atoms with Crippen molar-refractivity contribution in [3.05, 3.63) is 0 Å². The zero-order valence-electron chi connectivity index (χ0n) is 13.5. The number of nitrogens with one attached hydrogen (secondary N) is 1. The van der Waals surface area contributed by atoms with Gasteiger partial charge >= 0.3 is 0 Å². The van der Waals surface area contributed by atoms with Crippen LogP contribution in [0, 0.1) is 0 Å². The molecule has 118 valence electrons. The first kappa shape index (κ1) is 17.4. The topological polar surface area (TPSA) is 55.8 Å². The van der Waals surface area contributed by atoms with E-state index in [0.29, 0.717) is 25.6 Å². The summed E-state index contributed by atoms with van der Waals surface area (Å²) >= 11 is 0. The van der Waals surface area contributed by atoms with Gasteiger partial charge in [-0.25, -0.2) is 0 Å². The average Bonchev–Trinajstić information content (AvgIpc) is 2.35. The molecule has 0 radical (unpaired) electrons. The second-order valence-corrected chi connectivity index (χ2v) is 6.77. The van der Waals surface area contributed by atoms with Gasteiger partial charge in [-0.05, 0) is 53.8 Å². The van der Waals surface area contributed by atoms with Crippen molar-refractivity contribution in [3.63, 3.8) is 0 Å². The summed E-state index contributed by atoms with van der Waals surface area (Å²) in [4.78, 5) is 16.5. The summed E-state index contributed by atoms with van der Waals surface area (Å²) in [7, 11) is 2.11. The highest BCUT2D eigenvalue weighted by atomic mass is 16.3. The maximum atomic E-state index is 12.4. The molecular formula is C15H31N3O2. The van der Waals surface area contributed by atoms with Crippen LogP contribution in [-0.2, 0) is 4.79 Å². The van der Waals surface area contributed by atoms with E-state index in [2.05, 4.69) is 38.0 Å². The summed E-state index contributed by atoms with van der Waals surface area (Å²) in [5.41, 5.74) is 0.0373. The average molecular weight is 285 g/mol. The van der Waals surface area contributed by atoms with Crippen LogP contribution in [0.2, 0.25) is 0 Å². The number of likely N-dealkylation sites (tertiary alicyclic amines) is 1. The monoisotopic (exact) mass is 285 g/mol. The van der Waals surface area contributed by atoms with E-state index in [0.717, 1.165) is 25.9 Å². The van der Waals surface area contributed by atoms with Crippen LogP contribution in [-0.4, -0.2) is 72.2 Å². The minimum absolute atomic E-state index is 0.0373. The predicted octanol–water partition coefficient (Wildman–Crippen LogP) is 0.680. The normalized spacial score (nSPS) is 18.2. The first-order chi connectivity index (χ1) is 9.33. The van der Waals surface area contributed by atoms with Crippen molar-refractivity contribution in [2.75, 3.05) is 39.8 Å². The zero-order valence-corrected chi connectivity index (χ0v) is 13.5. The minimum Gasteiger partial charge on any atom is -0.395 e. The van der Waals surface area contributed by atoms with Gasteiger partial charge < -0.3 is 20.2 Å². The lowest BCUT2D eigenvalue weighted by atomic mass is 10.0. The maximum absolute atomic E-state index is 12.4. The highest BCUT2D eigenvalue weighted by Crippen LogP contribution is 2.16. The molecule has 2 N–H and O–H groups in total. The lowest BCUT2D eigenvalue weighted by molar-refractivity contribution is -0.135. The van der Waals surface area contributed by atoms with E-state index < -0.39 is 0 Å². The first-order valence-electron chi connectivity index (χ1n) is 7.67. The molecule has 0 atom stereocenters. The lowest BCUT2D eigenvalue weighted by Gasteiger charge is -2.37. The SMILES string of the molecule is CN1CCC(N(CCO)C(=O)CCNC(C)(C)C)CC1. The minimum atomic E-state index is 0.0373. The Hall–Kier alpha value is -0.650. The molecule has 5 heteroatoms. The molecule has 0 aromatic carbocycles.